The molecular formula is C26H32Cl2N6O3. The molecule has 0 spiro atoms. The first-order valence-electron chi connectivity index (χ1n) is 12.7. The Labute approximate surface area is 226 Å². The fourth-order valence-electron chi connectivity index (χ4n) is 4.89. The number of aliphatic hydroxyl groups excluding tert-OH is 2. The summed E-state index contributed by atoms with van der Waals surface area (Å²) < 4.78 is 8.08. The van der Waals surface area contributed by atoms with Gasteiger partial charge >= 0.3 is 0 Å². The number of halogens is 2. The molecule has 2 aliphatic heterocycles. The van der Waals surface area contributed by atoms with Crippen molar-refractivity contribution in [2.24, 2.45) is 0 Å². The van der Waals surface area contributed by atoms with Crippen molar-refractivity contribution in [1.29, 1.82) is 0 Å². The van der Waals surface area contributed by atoms with Crippen LogP contribution in [-0.2, 0) is 19.5 Å². The van der Waals surface area contributed by atoms with Gasteiger partial charge in [0.15, 0.2) is 5.82 Å². The van der Waals surface area contributed by atoms with E-state index < -0.39 is 6.10 Å². The summed E-state index contributed by atoms with van der Waals surface area (Å²) in [6.45, 7) is 5.89. The molecule has 0 radical (unpaired) electrons. The Morgan fingerprint density at radius 3 is 2.68 bits per heavy atom. The molecule has 0 bridgehead atoms. The van der Waals surface area contributed by atoms with Gasteiger partial charge in [0.2, 0.25) is 0 Å². The first-order valence-corrected chi connectivity index (χ1v) is 13.5. The number of rotatable bonds is 8. The maximum absolute atomic E-state index is 9.91. The van der Waals surface area contributed by atoms with Gasteiger partial charge in [-0.2, -0.15) is 5.10 Å². The van der Waals surface area contributed by atoms with E-state index in [-0.39, 0.29) is 12.7 Å². The van der Waals surface area contributed by atoms with E-state index in [0.29, 0.717) is 28.9 Å². The van der Waals surface area contributed by atoms with Crippen LogP contribution in [-0.4, -0.2) is 79.9 Å². The maximum atomic E-state index is 9.91. The first kappa shape index (κ1) is 26.2. The van der Waals surface area contributed by atoms with Crippen molar-refractivity contribution < 1.29 is 14.9 Å². The summed E-state index contributed by atoms with van der Waals surface area (Å²) in [5.41, 5.74) is 3.65. The number of β-amino-alcohol motifs (C(OH)–C–C–N with tert-alkyl or cyclic N) is 1. The van der Waals surface area contributed by atoms with Crippen LogP contribution in [0.2, 0.25) is 10.0 Å². The molecular weight excluding hydrogens is 515 g/mol. The molecule has 0 saturated carbocycles. The van der Waals surface area contributed by atoms with Gasteiger partial charge in [0.05, 0.1) is 35.3 Å². The van der Waals surface area contributed by atoms with Crippen molar-refractivity contribution >= 4 is 29.0 Å². The minimum absolute atomic E-state index is 0.0376. The number of ether oxygens (including phenoxy) is 1. The molecule has 3 aromatic rings. The van der Waals surface area contributed by atoms with Gasteiger partial charge in [0.1, 0.15) is 17.5 Å². The molecule has 11 heteroatoms. The predicted molar refractivity (Wildman–Crippen MR) is 143 cm³/mol. The van der Waals surface area contributed by atoms with E-state index >= 15 is 0 Å². The molecule has 9 nitrogen and oxygen atoms in total. The Hall–Kier alpha value is -2.43. The number of anilines is 1. The zero-order valence-corrected chi connectivity index (χ0v) is 22.4. The van der Waals surface area contributed by atoms with Crippen molar-refractivity contribution in [2.45, 2.75) is 51.5 Å². The topological polar surface area (TPSA) is 99.8 Å². The molecule has 4 heterocycles. The second-order valence-corrected chi connectivity index (χ2v) is 10.4. The Balaban J connectivity index is 1.37. The van der Waals surface area contributed by atoms with Crippen molar-refractivity contribution in [3.05, 3.63) is 52.0 Å². The van der Waals surface area contributed by atoms with Crippen LogP contribution in [0.4, 0.5) is 5.82 Å². The summed E-state index contributed by atoms with van der Waals surface area (Å²) in [7, 11) is 0. The first-order chi connectivity index (χ1) is 17.9. The number of hydrogen-bond donors (Lipinski definition) is 2. The average molecular weight is 547 g/mol. The van der Waals surface area contributed by atoms with Crippen LogP contribution < -0.4 is 9.64 Å². The lowest BCUT2D eigenvalue weighted by Gasteiger charge is -2.35. The second-order valence-electron chi connectivity index (χ2n) is 9.57. The maximum Gasteiger partial charge on any atom is 0.155 e. The van der Waals surface area contributed by atoms with Gasteiger partial charge in [-0.3, -0.25) is 9.58 Å². The number of aryl methyl sites for hydroxylation is 1. The summed E-state index contributed by atoms with van der Waals surface area (Å²) in [5, 5.41) is 24.8. The minimum atomic E-state index is -0.763. The fraction of sp³-hybridized carbons (Fsp3) is 0.500. The highest BCUT2D eigenvalue weighted by molar-refractivity contribution is 6.34. The number of benzene rings is 1. The van der Waals surface area contributed by atoms with E-state index in [9.17, 15) is 10.2 Å². The Bertz CT molecular complexity index is 1230. The highest BCUT2D eigenvalue weighted by atomic mass is 35.5. The Kier molecular flexibility index (Phi) is 8.16. The third-order valence-corrected chi connectivity index (χ3v) is 7.46. The molecule has 0 unspecified atom stereocenters. The van der Waals surface area contributed by atoms with Crippen LogP contribution in [0.25, 0.3) is 11.3 Å². The molecule has 0 aliphatic carbocycles. The third-order valence-electron chi connectivity index (χ3n) is 6.91. The van der Waals surface area contributed by atoms with Crippen LogP contribution in [0.15, 0.2) is 30.6 Å². The van der Waals surface area contributed by atoms with Gasteiger partial charge in [-0.1, -0.05) is 23.2 Å². The second kappa shape index (κ2) is 11.5. The van der Waals surface area contributed by atoms with Gasteiger partial charge in [0, 0.05) is 81.4 Å². The van der Waals surface area contributed by atoms with Gasteiger partial charge in [0.25, 0.3) is 0 Å². The van der Waals surface area contributed by atoms with Crippen LogP contribution in [0, 0.1) is 0 Å². The van der Waals surface area contributed by atoms with E-state index in [1.807, 2.05) is 17.1 Å². The average Bonchev–Trinajstić information content (AvgIpc) is 3.40. The third kappa shape index (κ3) is 6.02. The smallest absolute Gasteiger partial charge is 0.155 e. The summed E-state index contributed by atoms with van der Waals surface area (Å²) in [4.78, 5) is 14.6. The summed E-state index contributed by atoms with van der Waals surface area (Å²) in [6, 6.07) is 5.27. The zero-order chi connectivity index (χ0) is 25.9. The van der Waals surface area contributed by atoms with E-state index in [0.717, 1.165) is 73.9 Å². The highest BCUT2D eigenvalue weighted by Crippen LogP contribution is 2.34. The monoisotopic (exact) mass is 546 g/mol. The molecule has 198 valence electrons. The Morgan fingerprint density at radius 1 is 1.14 bits per heavy atom. The van der Waals surface area contributed by atoms with Crippen LogP contribution >= 0.6 is 23.2 Å². The van der Waals surface area contributed by atoms with Gasteiger partial charge in [-0.05, 0) is 19.1 Å². The zero-order valence-electron chi connectivity index (χ0n) is 20.9. The van der Waals surface area contributed by atoms with E-state index in [4.69, 9.17) is 37.9 Å². The predicted octanol–water partition coefficient (Wildman–Crippen LogP) is 3.43. The number of aliphatic hydroxyl groups is 2. The summed E-state index contributed by atoms with van der Waals surface area (Å²) in [6.07, 6.45) is 5.51. The minimum Gasteiger partial charge on any atom is -0.489 e. The fourth-order valence-corrected chi connectivity index (χ4v) is 5.22. The van der Waals surface area contributed by atoms with Gasteiger partial charge in [-0.15, -0.1) is 0 Å². The van der Waals surface area contributed by atoms with Crippen molar-refractivity contribution in [3.8, 4) is 17.0 Å². The summed E-state index contributed by atoms with van der Waals surface area (Å²) in [5.74, 6) is 1.49. The van der Waals surface area contributed by atoms with Crippen molar-refractivity contribution in [3.63, 3.8) is 0 Å². The van der Waals surface area contributed by atoms with Gasteiger partial charge in [-0.25, -0.2) is 9.97 Å². The number of nitrogens with zero attached hydrogens (tertiary/aromatic N) is 6. The van der Waals surface area contributed by atoms with E-state index in [1.165, 1.54) is 0 Å². The molecule has 37 heavy (non-hydrogen) atoms. The number of aromatic nitrogens is 4. The lowest BCUT2D eigenvalue weighted by atomic mass is 10.1. The lowest BCUT2D eigenvalue weighted by Crippen LogP contribution is -2.41. The van der Waals surface area contributed by atoms with Crippen molar-refractivity contribution in [1.82, 2.24) is 24.6 Å². The summed E-state index contributed by atoms with van der Waals surface area (Å²) >= 11 is 12.4. The molecule has 0 amide bonds. The normalized spacial score (nSPS) is 17.6. The number of fused-ring (bicyclic) bond motifs is 1. The molecule has 2 aliphatic rings. The molecule has 2 aromatic heterocycles. The molecule has 1 fully saturated rings. The van der Waals surface area contributed by atoms with Crippen LogP contribution in [0.5, 0.6) is 5.75 Å². The van der Waals surface area contributed by atoms with Gasteiger partial charge < -0.3 is 19.8 Å². The number of piperidine rings is 1. The molecule has 1 aromatic carbocycles. The van der Waals surface area contributed by atoms with Crippen molar-refractivity contribution in [2.75, 3.05) is 37.7 Å². The molecule has 1 saturated heterocycles. The highest BCUT2D eigenvalue weighted by Gasteiger charge is 2.29. The van der Waals surface area contributed by atoms with Crippen LogP contribution in [0.3, 0.4) is 0 Å². The number of hydrogen-bond acceptors (Lipinski definition) is 8. The van der Waals surface area contributed by atoms with Crippen LogP contribution in [0.1, 0.15) is 31.2 Å². The molecule has 1 atom stereocenters. The van der Waals surface area contributed by atoms with E-state index in [2.05, 4.69) is 21.8 Å². The largest absolute Gasteiger partial charge is 0.489 e. The Morgan fingerprint density at radius 2 is 1.95 bits per heavy atom. The standard InChI is InChI=1S/C26H32Cl2N6O3/c1-2-34-13-17(12-29-34)25-26(31-22-7-8-32(14-19(36)16-35)15-23(22)30-25)33-9-5-20(6-10-33)37-24-11-18(27)3-4-21(24)28/h3-4,11-13,19-20,35-36H,2,5-10,14-16H2,1H3/t19-/m1/s1. The quantitative estimate of drug-likeness (QED) is 0.443. The molecule has 2 N–H and O–H groups in total. The lowest BCUT2D eigenvalue weighted by molar-refractivity contribution is 0.0544. The molecule has 5 rings (SSSR count). The van der Waals surface area contributed by atoms with E-state index in [1.54, 1.807) is 18.2 Å². The SMILES string of the molecule is CCn1cc(-c2nc3c(nc2N2CCC(Oc4cc(Cl)ccc4Cl)CC2)CCN(C[C@@H](O)CO)C3)cn1.